The van der Waals surface area contributed by atoms with Crippen LogP contribution in [0.1, 0.15) is 27.2 Å². The molecule has 2 N–H and O–H groups in total. The molecule has 0 saturated heterocycles. The summed E-state index contributed by atoms with van der Waals surface area (Å²) >= 11 is 4.57. The van der Waals surface area contributed by atoms with Gasteiger partial charge in [-0.15, -0.1) is 22.7 Å². The van der Waals surface area contributed by atoms with Crippen molar-refractivity contribution < 1.29 is 14.3 Å². The maximum absolute atomic E-state index is 12.6. The fourth-order valence-corrected chi connectivity index (χ4v) is 3.96. The molecule has 0 bridgehead atoms. The Bertz CT molecular complexity index is 723. The lowest BCUT2D eigenvalue weighted by Gasteiger charge is -2.23. The Balaban J connectivity index is 2.00. The van der Waals surface area contributed by atoms with Gasteiger partial charge in [-0.05, 0) is 50.6 Å². The molecule has 6 nitrogen and oxygen atoms in total. The predicted molar refractivity (Wildman–Crippen MR) is 110 cm³/mol. The van der Waals surface area contributed by atoms with E-state index in [1.54, 1.807) is 43.9 Å². The molecule has 0 aliphatic carbocycles. The van der Waals surface area contributed by atoms with Gasteiger partial charge >= 0.3 is 6.09 Å². The number of nitrogens with one attached hydrogen (secondary N) is 2. The summed E-state index contributed by atoms with van der Waals surface area (Å²) in [6.45, 7) is 5.35. The quantitative estimate of drug-likeness (QED) is 0.701. The summed E-state index contributed by atoms with van der Waals surface area (Å²) in [5, 5.41) is 9.85. The van der Waals surface area contributed by atoms with Crippen molar-refractivity contribution >= 4 is 51.6 Å². The lowest BCUT2D eigenvalue weighted by atomic mass is 10.2. The zero-order chi connectivity index (χ0) is 19.2. The van der Waals surface area contributed by atoms with E-state index in [0.29, 0.717) is 11.6 Å². The Hall–Kier alpha value is -1.58. The van der Waals surface area contributed by atoms with Crippen LogP contribution in [0, 0.1) is 0 Å². The number of nitrogens with zero attached hydrogens (tertiary/aromatic N) is 1. The van der Waals surface area contributed by atoms with Gasteiger partial charge in [0, 0.05) is 5.38 Å². The summed E-state index contributed by atoms with van der Waals surface area (Å²) in [7, 11) is 0. The molecule has 0 aliphatic heterocycles. The standard InChI is InChI=1S/C17H23N3O3S3/c1-17(2,3)23-16(22)19-11(7-9-24-4)14(21)20-15-18-12(10-26-15)13-6-5-8-25-13/h5-6,8,10-11H,7,9H2,1-4H3,(H,19,22)(H,18,20,21). The van der Waals surface area contributed by atoms with Crippen LogP contribution in [-0.4, -0.2) is 40.6 Å². The highest BCUT2D eigenvalue weighted by Gasteiger charge is 2.24. The number of rotatable bonds is 7. The van der Waals surface area contributed by atoms with E-state index in [4.69, 9.17) is 4.74 Å². The highest BCUT2D eigenvalue weighted by atomic mass is 32.2. The van der Waals surface area contributed by atoms with Gasteiger partial charge in [0.2, 0.25) is 5.91 Å². The highest BCUT2D eigenvalue weighted by Crippen LogP contribution is 2.28. The number of carbonyl (C=O) groups is 2. The van der Waals surface area contributed by atoms with Gasteiger partial charge in [0.25, 0.3) is 0 Å². The third-order valence-corrected chi connectivity index (χ3v) is 5.42. The van der Waals surface area contributed by atoms with Gasteiger partial charge < -0.3 is 15.4 Å². The molecule has 26 heavy (non-hydrogen) atoms. The summed E-state index contributed by atoms with van der Waals surface area (Å²) in [4.78, 5) is 30.1. The average Bonchev–Trinajstić information content (AvgIpc) is 3.20. The van der Waals surface area contributed by atoms with Crippen molar-refractivity contribution in [2.24, 2.45) is 0 Å². The zero-order valence-electron chi connectivity index (χ0n) is 15.2. The van der Waals surface area contributed by atoms with Gasteiger partial charge in [-0.2, -0.15) is 11.8 Å². The maximum Gasteiger partial charge on any atom is 0.408 e. The molecule has 1 unspecified atom stereocenters. The lowest BCUT2D eigenvalue weighted by Crippen LogP contribution is -2.46. The molecule has 0 aliphatic rings. The van der Waals surface area contributed by atoms with Gasteiger partial charge in [0.1, 0.15) is 11.6 Å². The normalized spacial score (nSPS) is 12.5. The van der Waals surface area contributed by atoms with Crippen LogP contribution in [0.4, 0.5) is 9.93 Å². The number of alkyl carbamates (subject to hydrolysis) is 1. The molecule has 0 saturated carbocycles. The minimum absolute atomic E-state index is 0.294. The van der Waals surface area contributed by atoms with Crippen LogP contribution in [0.25, 0.3) is 10.6 Å². The summed E-state index contributed by atoms with van der Waals surface area (Å²) in [5.74, 6) is 0.448. The third-order valence-electron chi connectivity index (χ3n) is 3.13. The fraction of sp³-hybridized carbons (Fsp3) is 0.471. The van der Waals surface area contributed by atoms with E-state index in [-0.39, 0.29) is 5.91 Å². The number of thiophene rings is 1. The smallest absolute Gasteiger partial charge is 0.408 e. The van der Waals surface area contributed by atoms with E-state index in [1.807, 2.05) is 29.1 Å². The molecule has 2 aromatic rings. The van der Waals surface area contributed by atoms with E-state index >= 15 is 0 Å². The van der Waals surface area contributed by atoms with Crippen LogP contribution in [0.2, 0.25) is 0 Å². The van der Waals surface area contributed by atoms with Gasteiger partial charge in [-0.3, -0.25) is 4.79 Å². The van der Waals surface area contributed by atoms with Crippen molar-refractivity contribution in [2.45, 2.75) is 38.8 Å². The second-order valence-electron chi connectivity index (χ2n) is 6.48. The van der Waals surface area contributed by atoms with E-state index < -0.39 is 17.7 Å². The average molecular weight is 414 g/mol. The van der Waals surface area contributed by atoms with Gasteiger partial charge in [-0.25, -0.2) is 9.78 Å². The summed E-state index contributed by atoms with van der Waals surface area (Å²) in [5.41, 5.74) is 0.219. The second kappa shape index (κ2) is 9.38. The molecule has 142 valence electrons. The maximum atomic E-state index is 12.6. The van der Waals surface area contributed by atoms with Crippen LogP contribution < -0.4 is 10.6 Å². The highest BCUT2D eigenvalue weighted by molar-refractivity contribution is 7.98. The Morgan fingerprint density at radius 2 is 2.12 bits per heavy atom. The number of amides is 2. The van der Waals surface area contributed by atoms with Gasteiger partial charge in [0.15, 0.2) is 5.13 Å². The molecule has 0 fully saturated rings. The van der Waals surface area contributed by atoms with Crippen LogP contribution >= 0.6 is 34.4 Å². The topological polar surface area (TPSA) is 80.3 Å². The molecule has 0 aromatic carbocycles. The molecule has 2 heterocycles. The van der Waals surface area contributed by atoms with E-state index in [1.165, 1.54) is 11.3 Å². The number of carbonyl (C=O) groups excluding carboxylic acids is 2. The first-order valence-corrected chi connectivity index (χ1v) is 11.2. The van der Waals surface area contributed by atoms with Crippen molar-refractivity contribution in [3.05, 3.63) is 22.9 Å². The minimum Gasteiger partial charge on any atom is -0.444 e. The molecular weight excluding hydrogens is 390 g/mol. The second-order valence-corrected chi connectivity index (χ2v) is 9.28. The van der Waals surface area contributed by atoms with Gasteiger partial charge in [0.05, 0.1) is 10.6 Å². The predicted octanol–water partition coefficient (Wildman–Crippen LogP) is 4.46. The number of anilines is 1. The first-order chi connectivity index (χ1) is 12.3. The Labute approximate surface area is 165 Å². The Kier molecular flexibility index (Phi) is 7.48. The summed E-state index contributed by atoms with van der Waals surface area (Å²) in [6, 6.07) is 3.27. The number of aromatic nitrogens is 1. The number of thioether (sulfide) groups is 1. The van der Waals surface area contributed by atoms with Crippen molar-refractivity contribution in [3.63, 3.8) is 0 Å². The molecule has 2 aromatic heterocycles. The van der Waals surface area contributed by atoms with Crippen molar-refractivity contribution in [2.75, 3.05) is 17.3 Å². The first kappa shape index (κ1) is 20.7. The molecule has 2 amide bonds. The molecule has 9 heteroatoms. The van der Waals surface area contributed by atoms with Crippen LogP contribution in [-0.2, 0) is 9.53 Å². The SMILES string of the molecule is CSCCC(NC(=O)OC(C)(C)C)C(=O)Nc1nc(-c2cccs2)cs1. The van der Waals surface area contributed by atoms with Crippen molar-refractivity contribution in [1.82, 2.24) is 10.3 Å². The summed E-state index contributed by atoms with van der Waals surface area (Å²) < 4.78 is 5.25. The monoisotopic (exact) mass is 413 g/mol. The molecule has 2 rings (SSSR count). The zero-order valence-corrected chi connectivity index (χ0v) is 17.6. The number of thiazole rings is 1. The fourth-order valence-electron chi connectivity index (χ4n) is 2.02. The molecule has 0 spiro atoms. The van der Waals surface area contributed by atoms with Gasteiger partial charge in [-0.1, -0.05) is 6.07 Å². The first-order valence-electron chi connectivity index (χ1n) is 8.07. The van der Waals surface area contributed by atoms with Crippen molar-refractivity contribution in [3.8, 4) is 10.6 Å². The minimum atomic E-state index is -0.675. The third kappa shape index (κ3) is 6.62. The molecule has 0 radical (unpaired) electrons. The number of ether oxygens (including phenoxy) is 1. The summed E-state index contributed by atoms with van der Waals surface area (Å²) in [6.07, 6.45) is 1.86. The molecular formula is C17H23N3O3S3. The van der Waals surface area contributed by atoms with Crippen molar-refractivity contribution in [1.29, 1.82) is 0 Å². The van der Waals surface area contributed by atoms with E-state index in [0.717, 1.165) is 16.3 Å². The van der Waals surface area contributed by atoms with E-state index in [9.17, 15) is 9.59 Å². The number of hydrogen-bond donors (Lipinski definition) is 2. The lowest BCUT2D eigenvalue weighted by molar-refractivity contribution is -0.118. The van der Waals surface area contributed by atoms with Crippen LogP contribution in [0.15, 0.2) is 22.9 Å². The Morgan fingerprint density at radius 1 is 1.35 bits per heavy atom. The number of hydrogen-bond acceptors (Lipinski definition) is 7. The van der Waals surface area contributed by atoms with Crippen LogP contribution in [0.3, 0.4) is 0 Å². The largest absolute Gasteiger partial charge is 0.444 e. The Morgan fingerprint density at radius 3 is 2.73 bits per heavy atom. The van der Waals surface area contributed by atoms with Crippen LogP contribution in [0.5, 0.6) is 0 Å². The van der Waals surface area contributed by atoms with E-state index in [2.05, 4.69) is 15.6 Å². The molecule has 1 atom stereocenters.